The number of hydrogen-bond acceptors (Lipinski definition) is 2. The topological polar surface area (TPSA) is 26.3 Å². The lowest BCUT2D eigenvalue weighted by Crippen LogP contribution is -2.01. The van der Waals surface area contributed by atoms with Crippen LogP contribution in [-0.4, -0.2) is 17.4 Å². The van der Waals surface area contributed by atoms with E-state index in [0.29, 0.717) is 6.61 Å². The average molecular weight is 239 g/mol. The Kier molecular flexibility index (Phi) is 9.21. The first-order valence-electron chi connectivity index (χ1n) is 4.74. The van der Waals surface area contributed by atoms with Crippen LogP contribution in [0, 0.1) is 0 Å². The molecule has 0 atom stereocenters. The highest BCUT2D eigenvalue weighted by molar-refractivity contribution is 6.44. The molecule has 0 aromatic carbocycles. The minimum Gasteiger partial charge on any atom is -0.463 e. The smallest absolute Gasteiger partial charge is 0.330 e. The predicted molar refractivity (Wildman–Crippen MR) is 59.7 cm³/mol. The Morgan fingerprint density at radius 2 is 1.93 bits per heavy atom. The third-order valence-corrected chi connectivity index (χ3v) is 2.16. The van der Waals surface area contributed by atoms with Gasteiger partial charge in [0.25, 0.3) is 0 Å². The second kappa shape index (κ2) is 9.35. The van der Waals surface area contributed by atoms with E-state index in [1.807, 2.05) is 0 Å². The minimum absolute atomic E-state index is 0.256. The van der Waals surface area contributed by atoms with Crippen LogP contribution in [0.5, 0.6) is 0 Å². The molecule has 0 aliphatic heterocycles. The first kappa shape index (κ1) is 13.8. The van der Waals surface area contributed by atoms with Gasteiger partial charge in [-0.05, 0) is 12.8 Å². The van der Waals surface area contributed by atoms with E-state index in [9.17, 15) is 4.79 Å². The maximum Gasteiger partial charge on any atom is 0.330 e. The van der Waals surface area contributed by atoms with Crippen molar-refractivity contribution in [1.29, 1.82) is 0 Å². The highest BCUT2D eigenvalue weighted by atomic mass is 35.5. The highest BCUT2D eigenvalue weighted by Gasteiger charge is 1.98. The van der Waals surface area contributed by atoms with E-state index in [1.165, 1.54) is 6.08 Å². The van der Waals surface area contributed by atoms with Gasteiger partial charge in [0.05, 0.1) is 6.61 Å². The number of halogens is 2. The molecule has 4 heteroatoms. The van der Waals surface area contributed by atoms with Crippen LogP contribution < -0.4 is 0 Å². The molecule has 0 rings (SSSR count). The van der Waals surface area contributed by atoms with E-state index < -0.39 is 0 Å². The van der Waals surface area contributed by atoms with Crippen LogP contribution >= 0.6 is 23.2 Å². The zero-order chi connectivity index (χ0) is 10.8. The summed E-state index contributed by atoms with van der Waals surface area (Å²) in [6.07, 6.45) is 6.01. The van der Waals surface area contributed by atoms with E-state index >= 15 is 0 Å². The van der Waals surface area contributed by atoms with Crippen molar-refractivity contribution in [2.75, 3.05) is 6.61 Å². The molecule has 0 aliphatic rings. The number of esters is 1. The Hall–Kier alpha value is -0.210. The quantitative estimate of drug-likeness (QED) is 0.280. The van der Waals surface area contributed by atoms with Crippen LogP contribution in [0.1, 0.15) is 32.1 Å². The molecule has 0 fully saturated rings. The van der Waals surface area contributed by atoms with Crippen LogP contribution in [0.2, 0.25) is 0 Å². The van der Waals surface area contributed by atoms with Crippen molar-refractivity contribution >= 4 is 29.2 Å². The molecule has 2 nitrogen and oxygen atoms in total. The summed E-state index contributed by atoms with van der Waals surface area (Å²) in [7, 11) is 0. The molecular formula is C10H16Cl2O2. The number of unbranched alkanes of at least 4 members (excludes halogenated alkanes) is 3. The predicted octanol–water partition coefficient (Wildman–Crippen LogP) is 3.47. The van der Waals surface area contributed by atoms with Gasteiger partial charge < -0.3 is 4.74 Å². The van der Waals surface area contributed by atoms with E-state index in [4.69, 9.17) is 27.9 Å². The molecular weight excluding hydrogens is 223 g/mol. The van der Waals surface area contributed by atoms with Crippen LogP contribution in [-0.2, 0) is 9.53 Å². The number of alkyl halides is 2. The van der Waals surface area contributed by atoms with E-state index in [2.05, 4.69) is 6.58 Å². The molecule has 0 N–H and O–H groups in total. The van der Waals surface area contributed by atoms with Gasteiger partial charge in [-0.1, -0.05) is 25.8 Å². The fourth-order valence-corrected chi connectivity index (χ4v) is 1.29. The van der Waals surface area contributed by atoms with Crippen LogP contribution in [0.15, 0.2) is 12.7 Å². The third kappa shape index (κ3) is 9.87. The van der Waals surface area contributed by atoms with E-state index in [0.717, 1.165) is 32.1 Å². The number of rotatable bonds is 8. The molecule has 14 heavy (non-hydrogen) atoms. The highest BCUT2D eigenvalue weighted by Crippen LogP contribution is 2.12. The van der Waals surface area contributed by atoms with Crippen molar-refractivity contribution in [2.24, 2.45) is 0 Å². The maximum absolute atomic E-state index is 10.6. The normalized spacial score (nSPS) is 10.2. The van der Waals surface area contributed by atoms with Crippen LogP contribution in [0.25, 0.3) is 0 Å². The van der Waals surface area contributed by atoms with E-state index in [1.54, 1.807) is 0 Å². The number of ether oxygens (including phenoxy) is 1. The molecule has 82 valence electrons. The van der Waals surface area contributed by atoms with Gasteiger partial charge in [0.1, 0.15) is 4.84 Å². The SMILES string of the molecule is C=CC(=O)OCCCCCCC(Cl)Cl. The van der Waals surface area contributed by atoms with Gasteiger partial charge in [-0.3, -0.25) is 0 Å². The third-order valence-electron chi connectivity index (χ3n) is 1.73. The molecule has 0 aromatic rings. The molecule has 0 aromatic heterocycles. The zero-order valence-electron chi connectivity index (χ0n) is 8.18. The average Bonchev–Trinajstić information content (AvgIpc) is 2.15. The van der Waals surface area contributed by atoms with Crippen LogP contribution in [0.4, 0.5) is 0 Å². The lowest BCUT2D eigenvalue weighted by atomic mass is 10.2. The van der Waals surface area contributed by atoms with Crippen LogP contribution in [0.3, 0.4) is 0 Å². The van der Waals surface area contributed by atoms with Gasteiger partial charge >= 0.3 is 5.97 Å². The second-order valence-corrected chi connectivity index (χ2v) is 4.24. The Labute approximate surface area is 95.2 Å². The zero-order valence-corrected chi connectivity index (χ0v) is 9.69. The molecule has 0 heterocycles. The summed E-state index contributed by atoms with van der Waals surface area (Å²) in [5, 5.41) is 0. The monoisotopic (exact) mass is 238 g/mol. The first-order valence-corrected chi connectivity index (χ1v) is 5.61. The van der Waals surface area contributed by atoms with Gasteiger partial charge in [-0.2, -0.15) is 0 Å². The molecule has 0 radical (unpaired) electrons. The van der Waals surface area contributed by atoms with Crippen molar-refractivity contribution in [2.45, 2.75) is 36.9 Å². The molecule has 0 aliphatic carbocycles. The van der Waals surface area contributed by atoms with Gasteiger partial charge in [0, 0.05) is 6.08 Å². The Morgan fingerprint density at radius 3 is 2.50 bits per heavy atom. The van der Waals surface area contributed by atoms with Crippen molar-refractivity contribution < 1.29 is 9.53 Å². The number of hydrogen-bond donors (Lipinski definition) is 0. The first-order chi connectivity index (χ1) is 6.66. The second-order valence-electron chi connectivity index (χ2n) is 2.97. The minimum atomic E-state index is -0.355. The summed E-state index contributed by atoms with van der Waals surface area (Å²) in [6.45, 7) is 3.77. The molecule has 0 amide bonds. The largest absolute Gasteiger partial charge is 0.463 e. The van der Waals surface area contributed by atoms with Gasteiger partial charge in [-0.25, -0.2) is 4.79 Å². The van der Waals surface area contributed by atoms with Crippen molar-refractivity contribution in [1.82, 2.24) is 0 Å². The molecule has 0 bridgehead atoms. The van der Waals surface area contributed by atoms with Crippen molar-refractivity contribution in [3.05, 3.63) is 12.7 Å². The van der Waals surface area contributed by atoms with Gasteiger partial charge in [0.15, 0.2) is 0 Å². The van der Waals surface area contributed by atoms with Gasteiger partial charge in [0.2, 0.25) is 0 Å². The Bertz CT molecular complexity index is 170. The summed E-state index contributed by atoms with van der Waals surface area (Å²) < 4.78 is 4.81. The van der Waals surface area contributed by atoms with E-state index in [-0.39, 0.29) is 10.8 Å². The summed E-state index contributed by atoms with van der Waals surface area (Å²) >= 11 is 11.1. The fraction of sp³-hybridized carbons (Fsp3) is 0.700. The molecule has 0 spiro atoms. The summed E-state index contributed by atoms with van der Waals surface area (Å²) in [5.74, 6) is -0.355. The summed E-state index contributed by atoms with van der Waals surface area (Å²) in [5.41, 5.74) is 0. The Balaban J connectivity index is 3.06. The standard InChI is InChI=1S/C10H16Cl2O2/c1-2-10(13)14-8-6-4-3-5-7-9(11)12/h2,9H,1,3-8H2. The molecule has 0 saturated carbocycles. The lowest BCUT2D eigenvalue weighted by molar-refractivity contribution is -0.137. The molecule has 0 saturated heterocycles. The Morgan fingerprint density at radius 1 is 1.29 bits per heavy atom. The lowest BCUT2D eigenvalue weighted by Gasteiger charge is -2.02. The summed E-state index contributed by atoms with van der Waals surface area (Å²) in [4.78, 5) is 10.4. The number of carbonyl (C=O) groups excluding carboxylic acids is 1. The maximum atomic E-state index is 10.6. The molecule has 0 unspecified atom stereocenters. The van der Waals surface area contributed by atoms with Gasteiger partial charge in [-0.15, -0.1) is 23.2 Å². The summed E-state index contributed by atoms with van der Waals surface area (Å²) in [6, 6.07) is 0. The number of carbonyl (C=O) groups is 1. The fourth-order valence-electron chi connectivity index (χ4n) is 0.986. The van der Waals surface area contributed by atoms with Crippen molar-refractivity contribution in [3.8, 4) is 0 Å². The van der Waals surface area contributed by atoms with Crippen molar-refractivity contribution in [3.63, 3.8) is 0 Å².